The van der Waals surface area contributed by atoms with Gasteiger partial charge in [0.2, 0.25) is 0 Å². The molecule has 0 bridgehead atoms. The molecule has 0 radical (unpaired) electrons. The highest BCUT2D eigenvalue weighted by Gasteiger charge is 2.05. The van der Waals surface area contributed by atoms with Gasteiger partial charge >= 0.3 is 12.1 Å². The van der Waals surface area contributed by atoms with Crippen LogP contribution in [0.5, 0.6) is 0 Å². The molecular weight excluding hydrogens is 498 g/mol. The number of allylic oxidation sites excluding steroid dienone is 20. The molecule has 216 valence electrons. The van der Waals surface area contributed by atoms with Crippen molar-refractivity contribution in [2.75, 3.05) is 20.3 Å². The minimum Gasteiger partial charge on any atom is -0.468 e. The molecule has 0 aromatic heterocycles. The Morgan fingerprint density at radius 2 is 1.20 bits per heavy atom. The van der Waals surface area contributed by atoms with Crippen LogP contribution in [0.3, 0.4) is 0 Å². The van der Waals surface area contributed by atoms with Gasteiger partial charge in [0.15, 0.2) is 0 Å². The second-order valence-electron chi connectivity index (χ2n) is 9.42. The maximum atomic E-state index is 11.5. The van der Waals surface area contributed by atoms with Gasteiger partial charge in [0.05, 0.1) is 7.11 Å². The lowest BCUT2D eigenvalue weighted by molar-refractivity contribution is -0.139. The Labute approximate surface area is 242 Å². The summed E-state index contributed by atoms with van der Waals surface area (Å²) in [5.74, 6) is -0.523. The normalized spacial score (nSPS) is 14.6. The molecule has 5 heteroatoms. The molecule has 0 aromatic carbocycles. The van der Waals surface area contributed by atoms with Crippen LogP contribution in [0, 0.1) is 0 Å². The molecule has 0 fully saturated rings. The predicted octanol–water partition coefficient (Wildman–Crippen LogP) is 8.75. The van der Waals surface area contributed by atoms with E-state index in [0.717, 1.165) is 29.6 Å². The van der Waals surface area contributed by atoms with Crippen molar-refractivity contribution >= 4 is 12.1 Å². The number of rotatable bonds is 16. The summed E-state index contributed by atoms with van der Waals surface area (Å²) in [7, 11) is 1.26. The molecule has 0 saturated carbocycles. The van der Waals surface area contributed by atoms with Crippen LogP contribution in [0.4, 0.5) is 4.79 Å². The molecule has 1 N–H and O–H groups in total. The number of amides is 1. The molecule has 0 aromatic rings. The van der Waals surface area contributed by atoms with E-state index in [1.165, 1.54) is 23.8 Å². The Hall–Kier alpha value is -4.12. The number of nitrogens with one attached hydrogen (secondary N) is 1. The molecular formula is C35H47NO4. The first-order valence-electron chi connectivity index (χ1n) is 13.4. The third-order valence-electron chi connectivity index (χ3n) is 5.39. The monoisotopic (exact) mass is 545 g/mol. The third kappa shape index (κ3) is 21.9. The van der Waals surface area contributed by atoms with Crippen molar-refractivity contribution in [3.05, 3.63) is 131 Å². The highest BCUT2D eigenvalue weighted by Crippen LogP contribution is 2.08. The average molecular weight is 546 g/mol. The first-order valence-corrected chi connectivity index (χ1v) is 13.4. The van der Waals surface area contributed by atoms with E-state index in [0.29, 0.717) is 0 Å². The van der Waals surface area contributed by atoms with Crippen LogP contribution in [-0.4, -0.2) is 32.3 Å². The van der Waals surface area contributed by atoms with Crippen molar-refractivity contribution < 1.29 is 19.1 Å². The van der Waals surface area contributed by atoms with E-state index in [-0.39, 0.29) is 13.2 Å². The summed E-state index contributed by atoms with van der Waals surface area (Å²) < 4.78 is 9.53. The number of carbonyl (C=O) groups is 2. The van der Waals surface area contributed by atoms with Crippen LogP contribution in [0.25, 0.3) is 0 Å². The Balaban J connectivity index is 4.55. The zero-order valence-electron chi connectivity index (χ0n) is 25.3. The van der Waals surface area contributed by atoms with Gasteiger partial charge in [-0.05, 0) is 60.0 Å². The van der Waals surface area contributed by atoms with Gasteiger partial charge < -0.3 is 14.8 Å². The van der Waals surface area contributed by atoms with Gasteiger partial charge in [-0.3, -0.25) is 4.79 Å². The Kier molecular flexibility index (Phi) is 20.5. The molecule has 1 amide bonds. The highest BCUT2D eigenvalue weighted by atomic mass is 16.6. The van der Waals surface area contributed by atoms with E-state index >= 15 is 0 Å². The van der Waals surface area contributed by atoms with Crippen molar-refractivity contribution in [3.63, 3.8) is 0 Å². The average Bonchev–Trinajstić information content (AvgIpc) is 2.92. The number of hydrogen-bond acceptors (Lipinski definition) is 4. The van der Waals surface area contributed by atoms with Crippen LogP contribution in [0.2, 0.25) is 0 Å². The highest BCUT2D eigenvalue weighted by molar-refractivity contribution is 5.77. The van der Waals surface area contributed by atoms with E-state index in [9.17, 15) is 9.59 Å². The van der Waals surface area contributed by atoms with Gasteiger partial charge in [-0.25, -0.2) is 4.79 Å². The van der Waals surface area contributed by atoms with Crippen LogP contribution in [-0.2, 0) is 14.3 Å². The smallest absolute Gasteiger partial charge is 0.407 e. The molecule has 0 heterocycles. The van der Waals surface area contributed by atoms with E-state index in [4.69, 9.17) is 4.74 Å². The van der Waals surface area contributed by atoms with E-state index in [1.807, 2.05) is 50.3 Å². The van der Waals surface area contributed by atoms with Gasteiger partial charge in [0.25, 0.3) is 0 Å². The molecule has 5 nitrogen and oxygen atoms in total. The Morgan fingerprint density at radius 1 is 0.700 bits per heavy atom. The molecule has 0 unspecified atom stereocenters. The van der Waals surface area contributed by atoms with Gasteiger partial charge in [0, 0.05) is 0 Å². The molecule has 0 atom stereocenters. The second kappa shape index (κ2) is 22.8. The summed E-state index contributed by atoms with van der Waals surface area (Å²) >= 11 is 0. The topological polar surface area (TPSA) is 64.6 Å². The first-order chi connectivity index (χ1) is 19.1. The lowest BCUT2D eigenvalue weighted by atomic mass is 10.1. The van der Waals surface area contributed by atoms with Crippen molar-refractivity contribution in [2.45, 2.75) is 54.4 Å². The molecule has 0 aliphatic rings. The zero-order valence-corrected chi connectivity index (χ0v) is 25.3. The van der Waals surface area contributed by atoms with Crippen LogP contribution in [0.1, 0.15) is 54.4 Å². The van der Waals surface area contributed by atoms with E-state index in [1.54, 1.807) is 0 Å². The SMILES string of the molecule is C=C/C(C)=C/C=C/C(C)=C/C=C/C=C(C)/C=C/C=C(C)/C=C/C=C(\C)CC/C=C(\C)COC(=O)NCC(=O)OC. The Bertz CT molecular complexity index is 1130. The number of carbonyl (C=O) groups excluding carboxylic acids is 2. The summed E-state index contributed by atoms with van der Waals surface area (Å²) in [6, 6.07) is 0. The lowest BCUT2D eigenvalue weighted by Gasteiger charge is -2.06. The summed E-state index contributed by atoms with van der Waals surface area (Å²) in [6.45, 7) is 16.0. The van der Waals surface area contributed by atoms with E-state index < -0.39 is 12.1 Å². The number of esters is 1. The maximum absolute atomic E-state index is 11.5. The van der Waals surface area contributed by atoms with Gasteiger partial charge in [-0.2, -0.15) is 0 Å². The minimum absolute atomic E-state index is 0.181. The molecule has 40 heavy (non-hydrogen) atoms. The van der Waals surface area contributed by atoms with Crippen LogP contribution >= 0.6 is 0 Å². The molecule has 0 spiro atoms. The third-order valence-corrected chi connectivity index (χ3v) is 5.39. The molecule has 0 aliphatic heterocycles. The predicted molar refractivity (Wildman–Crippen MR) is 170 cm³/mol. The van der Waals surface area contributed by atoms with Gasteiger partial charge in [-0.15, -0.1) is 0 Å². The van der Waals surface area contributed by atoms with Crippen molar-refractivity contribution in [1.29, 1.82) is 0 Å². The molecule has 0 aliphatic carbocycles. The second-order valence-corrected chi connectivity index (χ2v) is 9.42. The summed E-state index contributed by atoms with van der Waals surface area (Å²) in [6.07, 6.45) is 31.9. The summed E-state index contributed by atoms with van der Waals surface area (Å²) in [5.41, 5.74) is 6.86. The number of hydrogen-bond donors (Lipinski definition) is 1. The number of methoxy groups -OCH3 is 1. The zero-order chi connectivity index (χ0) is 30.2. The Morgan fingerprint density at radius 3 is 1.73 bits per heavy atom. The van der Waals surface area contributed by atoms with Gasteiger partial charge in [-0.1, -0.05) is 126 Å². The summed E-state index contributed by atoms with van der Waals surface area (Å²) in [5, 5.41) is 2.33. The van der Waals surface area contributed by atoms with Gasteiger partial charge in [0.1, 0.15) is 13.2 Å². The fourth-order valence-electron chi connectivity index (χ4n) is 2.85. The number of ether oxygens (including phenoxy) is 2. The van der Waals surface area contributed by atoms with Crippen LogP contribution in [0.15, 0.2) is 131 Å². The lowest BCUT2D eigenvalue weighted by Crippen LogP contribution is -2.30. The number of alkyl carbamates (subject to hydrolysis) is 1. The van der Waals surface area contributed by atoms with Crippen molar-refractivity contribution in [3.8, 4) is 0 Å². The van der Waals surface area contributed by atoms with Crippen molar-refractivity contribution in [1.82, 2.24) is 5.32 Å². The van der Waals surface area contributed by atoms with Crippen molar-refractivity contribution in [2.24, 2.45) is 0 Å². The van der Waals surface area contributed by atoms with Crippen LogP contribution < -0.4 is 5.32 Å². The minimum atomic E-state index is -0.643. The van der Waals surface area contributed by atoms with E-state index in [2.05, 4.69) is 99.0 Å². The maximum Gasteiger partial charge on any atom is 0.407 e. The fraction of sp³-hybridized carbons (Fsp3) is 0.314. The molecule has 0 saturated heterocycles. The molecule has 0 rings (SSSR count). The fourth-order valence-corrected chi connectivity index (χ4v) is 2.85. The standard InChI is InChI=1S/C35H47NO4/c1-9-28(2)18-12-19-29(3)16-10-11-17-30(4)20-13-21-31(5)22-14-23-32(6)24-15-25-33(7)27-40-35(38)36-26-34(37)39-8/h9-14,16-23,25H,1,15,24,26-27H2,2-8H3,(H,36,38)/b11-10+,19-12+,20-13+,22-14+,28-18+,29-16+,30-17+,31-21+,32-23+,33-25+. The quantitative estimate of drug-likeness (QED) is 0.120. The summed E-state index contributed by atoms with van der Waals surface area (Å²) in [4.78, 5) is 22.5. The largest absolute Gasteiger partial charge is 0.468 e. The first kappa shape index (κ1) is 35.9.